The molecular weight excluding hydrogens is 202 g/mol. The molecule has 0 saturated heterocycles. The number of rotatable bonds is 3. The molecule has 0 N–H and O–H groups in total. The van der Waals surface area contributed by atoms with Gasteiger partial charge in [-0.05, 0) is 24.6 Å². The van der Waals surface area contributed by atoms with E-state index in [4.69, 9.17) is 4.74 Å². The number of fused-ring (bicyclic) bond motifs is 1. The van der Waals surface area contributed by atoms with Gasteiger partial charge in [-0.2, -0.15) is 0 Å². The lowest BCUT2D eigenvalue weighted by molar-refractivity contribution is -0.116. The van der Waals surface area contributed by atoms with Crippen molar-refractivity contribution in [2.75, 3.05) is 7.11 Å². The highest BCUT2D eigenvalue weighted by Crippen LogP contribution is 2.25. The molecule has 0 amide bonds. The normalized spacial score (nSPS) is 10.7. The minimum Gasteiger partial charge on any atom is -0.497 e. The van der Waals surface area contributed by atoms with Crippen molar-refractivity contribution in [2.24, 2.45) is 7.05 Å². The largest absolute Gasteiger partial charge is 0.497 e. The standard InChI is InChI=1S/C13H15NO2/c1-9(15)6-10-8-14(2)13-7-11(16-3)4-5-12(10)13/h4-5,7-8H,6H2,1-3H3. The van der Waals surface area contributed by atoms with Crippen LogP contribution in [-0.4, -0.2) is 17.5 Å². The van der Waals surface area contributed by atoms with Gasteiger partial charge < -0.3 is 9.30 Å². The maximum atomic E-state index is 11.2. The average molecular weight is 217 g/mol. The third-order valence-electron chi connectivity index (χ3n) is 2.72. The van der Waals surface area contributed by atoms with Crippen LogP contribution in [0.1, 0.15) is 12.5 Å². The lowest BCUT2D eigenvalue weighted by atomic mass is 10.1. The van der Waals surface area contributed by atoms with Crippen molar-refractivity contribution >= 4 is 16.7 Å². The Kier molecular flexibility index (Phi) is 2.69. The van der Waals surface area contributed by atoms with E-state index in [1.807, 2.05) is 36.0 Å². The molecule has 2 rings (SSSR count). The molecule has 0 aliphatic rings. The van der Waals surface area contributed by atoms with Gasteiger partial charge in [-0.3, -0.25) is 4.79 Å². The molecule has 3 heteroatoms. The second-order valence-corrected chi connectivity index (χ2v) is 4.03. The molecule has 0 fully saturated rings. The molecule has 1 aromatic heterocycles. The molecule has 0 saturated carbocycles. The van der Waals surface area contributed by atoms with Crippen molar-refractivity contribution in [3.05, 3.63) is 30.0 Å². The maximum Gasteiger partial charge on any atom is 0.134 e. The highest BCUT2D eigenvalue weighted by atomic mass is 16.5. The topological polar surface area (TPSA) is 31.2 Å². The predicted octanol–water partition coefficient (Wildman–Crippen LogP) is 2.32. The summed E-state index contributed by atoms with van der Waals surface area (Å²) in [5.74, 6) is 1.02. The zero-order valence-corrected chi connectivity index (χ0v) is 9.78. The van der Waals surface area contributed by atoms with E-state index in [1.54, 1.807) is 14.0 Å². The van der Waals surface area contributed by atoms with Crippen molar-refractivity contribution in [3.8, 4) is 5.75 Å². The van der Waals surface area contributed by atoms with Gasteiger partial charge in [0.1, 0.15) is 11.5 Å². The molecule has 0 unspecified atom stereocenters. The monoisotopic (exact) mass is 217 g/mol. The average Bonchev–Trinajstić information content (AvgIpc) is 2.54. The Bertz CT molecular complexity index is 540. The summed E-state index contributed by atoms with van der Waals surface area (Å²) in [7, 11) is 3.63. The maximum absolute atomic E-state index is 11.2. The third-order valence-corrected chi connectivity index (χ3v) is 2.72. The van der Waals surface area contributed by atoms with Gasteiger partial charge in [0.25, 0.3) is 0 Å². The van der Waals surface area contributed by atoms with Crippen molar-refractivity contribution in [1.29, 1.82) is 0 Å². The summed E-state index contributed by atoms with van der Waals surface area (Å²) in [5.41, 5.74) is 2.17. The van der Waals surface area contributed by atoms with Gasteiger partial charge in [-0.1, -0.05) is 0 Å². The van der Waals surface area contributed by atoms with Crippen molar-refractivity contribution < 1.29 is 9.53 Å². The van der Waals surface area contributed by atoms with E-state index in [0.717, 1.165) is 22.2 Å². The molecular formula is C13H15NO2. The fourth-order valence-electron chi connectivity index (χ4n) is 1.98. The molecule has 3 nitrogen and oxygen atoms in total. The number of nitrogens with zero attached hydrogens (tertiary/aromatic N) is 1. The molecule has 1 aromatic carbocycles. The van der Waals surface area contributed by atoms with Crippen LogP contribution in [0.3, 0.4) is 0 Å². The number of aryl methyl sites for hydroxylation is 1. The molecule has 0 aliphatic heterocycles. The van der Waals surface area contributed by atoms with Crippen molar-refractivity contribution in [2.45, 2.75) is 13.3 Å². The molecule has 84 valence electrons. The van der Waals surface area contributed by atoms with Crippen LogP contribution in [0.15, 0.2) is 24.4 Å². The van der Waals surface area contributed by atoms with Gasteiger partial charge in [0.15, 0.2) is 0 Å². The molecule has 0 spiro atoms. The Labute approximate surface area is 94.6 Å². The minimum absolute atomic E-state index is 0.184. The van der Waals surface area contributed by atoms with Gasteiger partial charge in [0.05, 0.1) is 12.6 Å². The first-order chi connectivity index (χ1) is 7.61. The Hall–Kier alpha value is -1.77. The summed E-state index contributed by atoms with van der Waals surface area (Å²) in [5, 5.41) is 1.12. The number of carbonyl (C=O) groups is 1. The van der Waals surface area contributed by atoms with E-state index < -0.39 is 0 Å². The number of ketones is 1. The molecule has 0 bridgehead atoms. The van der Waals surface area contributed by atoms with E-state index in [-0.39, 0.29) is 5.78 Å². The molecule has 0 atom stereocenters. The Balaban J connectivity index is 2.57. The van der Waals surface area contributed by atoms with E-state index in [0.29, 0.717) is 6.42 Å². The van der Waals surface area contributed by atoms with Crippen LogP contribution in [-0.2, 0) is 18.3 Å². The minimum atomic E-state index is 0.184. The fourth-order valence-corrected chi connectivity index (χ4v) is 1.98. The molecule has 0 radical (unpaired) electrons. The fraction of sp³-hybridized carbons (Fsp3) is 0.308. The van der Waals surface area contributed by atoms with Crippen molar-refractivity contribution in [3.63, 3.8) is 0 Å². The van der Waals surface area contributed by atoms with Crippen LogP contribution >= 0.6 is 0 Å². The lowest BCUT2D eigenvalue weighted by Crippen LogP contribution is -1.94. The summed E-state index contributed by atoms with van der Waals surface area (Å²) in [4.78, 5) is 11.2. The quantitative estimate of drug-likeness (QED) is 0.790. The Morgan fingerprint density at radius 2 is 2.19 bits per heavy atom. The van der Waals surface area contributed by atoms with Gasteiger partial charge in [0.2, 0.25) is 0 Å². The number of hydrogen-bond donors (Lipinski definition) is 0. The van der Waals surface area contributed by atoms with E-state index in [2.05, 4.69) is 0 Å². The third kappa shape index (κ3) is 1.81. The number of hydrogen-bond acceptors (Lipinski definition) is 2. The van der Waals surface area contributed by atoms with Gasteiger partial charge in [-0.15, -0.1) is 0 Å². The molecule has 16 heavy (non-hydrogen) atoms. The van der Waals surface area contributed by atoms with Crippen molar-refractivity contribution in [1.82, 2.24) is 4.57 Å². The summed E-state index contributed by atoms with van der Waals surface area (Å²) in [6.45, 7) is 1.61. The van der Waals surface area contributed by atoms with Crippen LogP contribution in [0.5, 0.6) is 5.75 Å². The second-order valence-electron chi connectivity index (χ2n) is 4.03. The first kappa shape index (κ1) is 10.7. The number of Topliss-reactive ketones (excluding diaryl/α,β-unsaturated/α-hetero) is 1. The number of benzene rings is 1. The van der Waals surface area contributed by atoms with E-state index >= 15 is 0 Å². The Morgan fingerprint density at radius 3 is 2.81 bits per heavy atom. The van der Waals surface area contributed by atoms with Crippen LogP contribution in [0.2, 0.25) is 0 Å². The van der Waals surface area contributed by atoms with Crippen LogP contribution < -0.4 is 4.74 Å². The summed E-state index contributed by atoms with van der Waals surface area (Å²) >= 11 is 0. The number of carbonyl (C=O) groups excluding carboxylic acids is 1. The van der Waals surface area contributed by atoms with Crippen LogP contribution in [0.25, 0.3) is 10.9 Å². The first-order valence-corrected chi connectivity index (χ1v) is 5.23. The summed E-state index contributed by atoms with van der Waals surface area (Å²) in [6, 6.07) is 5.91. The summed E-state index contributed by atoms with van der Waals surface area (Å²) in [6.07, 6.45) is 2.50. The number of aromatic nitrogens is 1. The van der Waals surface area contributed by atoms with E-state index in [1.165, 1.54) is 0 Å². The molecule has 0 aliphatic carbocycles. The Morgan fingerprint density at radius 1 is 1.44 bits per heavy atom. The zero-order valence-electron chi connectivity index (χ0n) is 9.78. The highest BCUT2D eigenvalue weighted by Gasteiger charge is 2.08. The SMILES string of the molecule is COc1ccc2c(CC(C)=O)cn(C)c2c1. The predicted molar refractivity (Wildman–Crippen MR) is 63.9 cm³/mol. The molecule has 2 aromatic rings. The lowest BCUT2D eigenvalue weighted by Gasteiger charge is -2.01. The highest BCUT2D eigenvalue weighted by molar-refractivity contribution is 5.90. The smallest absolute Gasteiger partial charge is 0.134 e. The number of ether oxygens (including phenoxy) is 1. The van der Waals surface area contributed by atoms with Crippen LogP contribution in [0, 0.1) is 0 Å². The van der Waals surface area contributed by atoms with E-state index in [9.17, 15) is 4.79 Å². The first-order valence-electron chi connectivity index (χ1n) is 5.23. The van der Waals surface area contributed by atoms with Gasteiger partial charge >= 0.3 is 0 Å². The zero-order chi connectivity index (χ0) is 11.7. The second kappa shape index (κ2) is 4.00. The summed E-state index contributed by atoms with van der Waals surface area (Å²) < 4.78 is 7.21. The van der Waals surface area contributed by atoms with Gasteiger partial charge in [-0.25, -0.2) is 0 Å². The van der Waals surface area contributed by atoms with Crippen LogP contribution in [0.4, 0.5) is 0 Å². The molecule has 1 heterocycles. The number of methoxy groups -OCH3 is 1. The van der Waals surface area contributed by atoms with Gasteiger partial charge in [0, 0.05) is 31.1 Å².